The molecule has 0 spiro atoms. The number of hydrogen-bond acceptors (Lipinski definition) is 3. The van der Waals surface area contributed by atoms with E-state index in [2.05, 4.69) is 10.3 Å². The number of nitrogens with zero attached hydrogens (tertiary/aromatic N) is 1. The third-order valence-electron chi connectivity index (χ3n) is 2.92. The molecule has 0 aliphatic carbocycles. The van der Waals surface area contributed by atoms with Crippen molar-refractivity contribution >= 4 is 28.1 Å². The Morgan fingerprint density at radius 2 is 2.05 bits per heavy atom. The summed E-state index contributed by atoms with van der Waals surface area (Å²) in [5, 5.41) is 5.92. The smallest absolute Gasteiger partial charge is 0.261 e. The van der Waals surface area contributed by atoms with Crippen molar-refractivity contribution in [2.45, 2.75) is 6.54 Å². The number of pyridine rings is 1. The van der Waals surface area contributed by atoms with Gasteiger partial charge in [0.2, 0.25) is 0 Å². The number of aromatic nitrogens is 1. The maximum absolute atomic E-state index is 11.9. The van der Waals surface area contributed by atoms with Crippen LogP contribution in [0.5, 0.6) is 0 Å². The summed E-state index contributed by atoms with van der Waals surface area (Å²) in [5.74, 6) is -0.0316. The standard InChI is InChI=1S/C15H12N2OS/c18-15(14-6-3-9-19-14)17-10-11-7-8-16-13-5-2-1-4-12(11)13/h1-9H,10H2,(H,17,18). The summed E-state index contributed by atoms with van der Waals surface area (Å²) in [6, 6.07) is 13.6. The highest BCUT2D eigenvalue weighted by Gasteiger charge is 2.07. The zero-order valence-corrected chi connectivity index (χ0v) is 11.0. The Kier molecular flexibility index (Phi) is 3.25. The first kappa shape index (κ1) is 11.9. The molecule has 3 nitrogen and oxygen atoms in total. The van der Waals surface area contributed by atoms with E-state index in [0.717, 1.165) is 21.3 Å². The van der Waals surface area contributed by atoms with Crippen LogP contribution in [-0.4, -0.2) is 10.9 Å². The van der Waals surface area contributed by atoms with E-state index in [1.165, 1.54) is 11.3 Å². The van der Waals surface area contributed by atoms with E-state index in [9.17, 15) is 4.79 Å². The zero-order chi connectivity index (χ0) is 13.1. The van der Waals surface area contributed by atoms with Crippen LogP contribution in [0.2, 0.25) is 0 Å². The minimum atomic E-state index is -0.0316. The number of amides is 1. The van der Waals surface area contributed by atoms with Gasteiger partial charge in [-0.05, 0) is 29.1 Å². The van der Waals surface area contributed by atoms with Gasteiger partial charge in [0.05, 0.1) is 10.4 Å². The summed E-state index contributed by atoms with van der Waals surface area (Å²) in [7, 11) is 0. The third kappa shape index (κ3) is 2.48. The molecule has 3 aromatic rings. The van der Waals surface area contributed by atoms with Crippen molar-refractivity contribution in [2.24, 2.45) is 0 Å². The number of carbonyl (C=O) groups excluding carboxylic acids is 1. The van der Waals surface area contributed by atoms with Crippen molar-refractivity contribution in [3.8, 4) is 0 Å². The predicted molar refractivity (Wildman–Crippen MR) is 77.2 cm³/mol. The quantitative estimate of drug-likeness (QED) is 0.792. The second-order valence-electron chi connectivity index (χ2n) is 4.15. The molecular formula is C15H12N2OS. The lowest BCUT2D eigenvalue weighted by Gasteiger charge is -2.07. The van der Waals surface area contributed by atoms with Crippen LogP contribution in [0, 0.1) is 0 Å². The van der Waals surface area contributed by atoms with Crippen LogP contribution in [0.3, 0.4) is 0 Å². The van der Waals surface area contributed by atoms with E-state index in [-0.39, 0.29) is 5.91 Å². The van der Waals surface area contributed by atoms with Crippen LogP contribution in [0.15, 0.2) is 54.0 Å². The molecule has 0 bridgehead atoms. The fourth-order valence-corrected chi connectivity index (χ4v) is 2.62. The van der Waals surface area contributed by atoms with Gasteiger partial charge in [-0.1, -0.05) is 24.3 Å². The zero-order valence-electron chi connectivity index (χ0n) is 10.2. The predicted octanol–water partition coefficient (Wildman–Crippen LogP) is 3.23. The molecule has 2 aromatic heterocycles. The average molecular weight is 268 g/mol. The molecule has 0 unspecified atom stereocenters. The minimum Gasteiger partial charge on any atom is -0.347 e. The van der Waals surface area contributed by atoms with Crippen molar-refractivity contribution in [1.29, 1.82) is 0 Å². The first-order chi connectivity index (χ1) is 9.34. The van der Waals surface area contributed by atoms with Crippen LogP contribution in [0.1, 0.15) is 15.2 Å². The molecule has 94 valence electrons. The minimum absolute atomic E-state index is 0.0316. The topological polar surface area (TPSA) is 42.0 Å². The van der Waals surface area contributed by atoms with Gasteiger partial charge in [-0.15, -0.1) is 11.3 Å². The van der Waals surface area contributed by atoms with Gasteiger partial charge >= 0.3 is 0 Å². The highest BCUT2D eigenvalue weighted by atomic mass is 32.1. The normalized spacial score (nSPS) is 10.5. The largest absolute Gasteiger partial charge is 0.347 e. The fraction of sp³-hybridized carbons (Fsp3) is 0.0667. The van der Waals surface area contributed by atoms with Gasteiger partial charge in [0.1, 0.15) is 0 Å². The molecule has 0 fully saturated rings. The van der Waals surface area contributed by atoms with Crippen LogP contribution in [0.25, 0.3) is 10.9 Å². The average Bonchev–Trinajstić information content (AvgIpc) is 2.99. The van der Waals surface area contributed by atoms with E-state index < -0.39 is 0 Å². The molecule has 2 heterocycles. The molecule has 0 aliphatic rings. The first-order valence-electron chi connectivity index (χ1n) is 5.99. The number of fused-ring (bicyclic) bond motifs is 1. The Morgan fingerprint density at radius 1 is 1.16 bits per heavy atom. The number of para-hydroxylation sites is 1. The van der Waals surface area contributed by atoms with E-state index in [0.29, 0.717) is 6.54 Å². The number of nitrogens with one attached hydrogen (secondary N) is 1. The van der Waals surface area contributed by atoms with Crippen molar-refractivity contribution in [3.63, 3.8) is 0 Å². The van der Waals surface area contributed by atoms with Crippen molar-refractivity contribution < 1.29 is 4.79 Å². The van der Waals surface area contributed by atoms with Crippen LogP contribution < -0.4 is 5.32 Å². The van der Waals surface area contributed by atoms with Crippen LogP contribution >= 0.6 is 11.3 Å². The second kappa shape index (κ2) is 5.20. The molecule has 0 saturated carbocycles. The molecule has 19 heavy (non-hydrogen) atoms. The number of benzene rings is 1. The summed E-state index contributed by atoms with van der Waals surface area (Å²) in [6.45, 7) is 0.514. The maximum atomic E-state index is 11.9. The van der Waals surface area contributed by atoms with Gasteiger partial charge in [-0.25, -0.2) is 0 Å². The second-order valence-corrected chi connectivity index (χ2v) is 5.09. The molecule has 3 rings (SSSR count). The van der Waals surface area contributed by atoms with Crippen LogP contribution in [0.4, 0.5) is 0 Å². The molecule has 0 atom stereocenters. The van der Waals surface area contributed by atoms with E-state index in [1.54, 1.807) is 6.20 Å². The fourth-order valence-electron chi connectivity index (χ4n) is 1.98. The molecule has 1 N–H and O–H groups in total. The lowest BCUT2D eigenvalue weighted by molar-refractivity contribution is 0.0955. The van der Waals surface area contributed by atoms with Crippen molar-refractivity contribution in [3.05, 3.63) is 64.5 Å². The molecule has 0 radical (unpaired) electrons. The highest BCUT2D eigenvalue weighted by molar-refractivity contribution is 7.12. The molecule has 1 aromatic carbocycles. The van der Waals surface area contributed by atoms with Gasteiger partial charge < -0.3 is 5.32 Å². The van der Waals surface area contributed by atoms with E-state index in [1.807, 2.05) is 47.8 Å². The third-order valence-corrected chi connectivity index (χ3v) is 3.79. The van der Waals surface area contributed by atoms with Gasteiger partial charge in [-0.2, -0.15) is 0 Å². The van der Waals surface area contributed by atoms with E-state index >= 15 is 0 Å². The summed E-state index contributed by atoms with van der Waals surface area (Å²) < 4.78 is 0. The number of carbonyl (C=O) groups is 1. The van der Waals surface area contributed by atoms with Crippen molar-refractivity contribution in [2.75, 3.05) is 0 Å². The Labute approximate surface area is 114 Å². The van der Waals surface area contributed by atoms with Gasteiger partial charge in [0, 0.05) is 18.1 Å². The summed E-state index contributed by atoms with van der Waals surface area (Å²) in [4.78, 5) is 16.9. The Morgan fingerprint density at radius 3 is 2.89 bits per heavy atom. The van der Waals surface area contributed by atoms with Crippen molar-refractivity contribution in [1.82, 2.24) is 10.3 Å². The first-order valence-corrected chi connectivity index (χ1v) is 6.87. The summed E-state index contributed by atoms with van der Waals surface area (Å²) in [5.41, 5.74) is 2.03. The number of hydrogen-bond donors (Lipinski definition) is 1. The summed E-state index contributed by atoms with van der Waals surface area (Å²) >= 11 is 1.45. The monoisotopic (exact) mass is 268 g/mol. The molecule has 0 saturated heterocycles. The maximum Gasteiger partial charge on any atom is 0.261 e. The van der Waals surface area contributed by atoms with Gasteiger partial charge in [0.25, 0.3) is 5.91 Å². The molecule has 4 heteroatoms. The highest BCUT2D eigenvalue weighted by Crippen LogP contribution is 2.16. The van der Waals surface area contributed by atoms with Crippen LogP contribution in [-0.2, 0) is 6.54 Å². The van der Waals surface area contributed by atoms with E-state index in [4.69, 9.17) is 0 Å². The van der Waals surface area contributed by atoms with Gasteiger partial charge in [-0.3, -0.25) is 9.78 Å². The lowest BCUT2D eigenvalue weighted by atomic mass is 10.1. The Bertz CT molecular complexity index is 702. The Balaban J connectivity index is 1.81. The Hall–Kier alpha value is -2.20. The lowest BCUT2D eigenvalue weighted by Crippen LogP contribution is -2.21. The number of thiophene rings is 1. The summed E-state index contributed by atoms with van der Waals surface area (Å²) in [6.07, 6.45) is 1.77. The van der Waals surface area contributed by atoms with Gasteiger partial charge in [0.15, 0.2) is 0 Å². The molecule has 0 aliphatic heterocycles. The molecular weight excluding hydrogens is 256 g/mol. The SMILES string of the molecule is O=C(NCc1ccnc2ccccc12)c1cccs1. The molecule has 1 amide bonds. The number of rotatable bonds is 3.